The van der Waals surface area contributed by atoms with Gasteiger partial charge in [-0.2, -0.15) is 0 Å². The molecule has 0 radical (unpaired) electrons. The van der Waals surface area contributed by atoms with E-state index in [0.29, 0.717) is 23.1 Å². The summed E-state index contributed by atoms with van der Waals surface area (Å²) in [7, 11) is 0. The number of benzene rings is 1. The summed E-state index contributed by atoms with van der Waals surface area (Å²) in [5, 5.41) is 0.699. The summed E-state index contributed by atoms with van der Waals surface area (Å²) < 4.78 is 0. The number of nitrogens with two attached hydrogens (primary N) is 1. The van der Waals surface area contributed by atoms with Crippen LogP contribution in [0.2, 0.25) is 5.02 Å². The lowest BCUT2D eigenvalue weighted by Gasteiger charge is -2.25. The fraction of sp³-hybridized carbons (Fsp3) is 0.278. The highest BCUT2D eigenvalue weighted by Crippen LogP contribution is 2.33. The van der Waals surface area contributed by atoms with Crippen LogP contribution in [-0.2, 0) is 6.54 Å². The van der Waals surface area contributed by atoms with Crippen molar-refractivity contribution < 1.29 is 4.79 Å². The van der Waals surface area contributed by atoms with Crippen LogP contribution in [0.5, 0.6) is 0 Å². The normalized spacial score (nSPS) is 19.3. The Morgan fingerprint density at radius 2 is 2.08 bits per heavy atom. The van der Waals surface area contributed by atoms with Crippen LogP contribution >= 0.6 is 11.6 Å². The molecule has 0 saturated carbocycles. The maximum absolute atomic E-state index is 13.0. The van der Waals surface area contributed by atoms with Crippen LogP contribution in [0.25, 0.3) is 0 Å². The summed E-state index contributed by atoms with van der Waals surface area (Å²) in [6.45, 7) is 1.27. The molecule has 6 heteroatoms. The molecule has 1 atom stereocenters. The van der Waals surface area contributed by atoms with E-state index in [-0.39, 0.29) is 11.9 Å². The Labute approximate surface area is 145 Å². The molecule has 0 aliphatic carbocycles. The van der Waals surface area contributed by atoms with Gasteiger partial charge in [-0.05, 0) is 36.6 Å². The van der Waals surface area contributed by atoms with E-state index in [1.54, 1.807) is 12.3 Å². The van der Waals surface area contributed by atoms with E-state index in [4.69, 9.17) is 17.3 Å². The summed E-state index contributed by atoms with van der Waals surface area (Å²) in [5.41, 5.74) is 9.22. The van der Waals surface area contributed by atoms with Crippen LogP contribution in [0.15, 0.2) is 41.5 Å². The number of amidine groups is 1. The fourth-order valence-electron chi connectivity index (χ4n) is 3.41. The third kappa shape index (κ3) is 2.55. The van der Waals surface area contributed by atoms with Crippen molar-refractivity contribution >= 4 is 23.3 Å². The number of likely N-dealkylation sites (tertiary alicyclic amines) is 1. The largest absolute Gasteiger partial charge is 0.383 e. The highest BCUT2D eigenvalue weighted by molar-refractivity contribution is 6.30. The summed E-state index contributed by atoms with van der Waals surface area (Å²) in [5.74, 6) is 0.423. The van der Waals surface area contributed by atoms with E-state index in [1.807, 2.05) is 29.2 Å². The number of carbonyl (C=O) groups is 1. The van der Waals surface area contributed by atoms with E-state index < -0.39 is 0 Å². The first-order valence-electron chi connectivity index (χ1n) is 7.99. The minimum atomic E-state index is -0.0602. The highest BCUT2D eigenvalue weighted by Gasteiger charge is 2.31. The summed E-state index contributed by atoms with van der Waals surface area (Å²) in [6.07, 6.45) is 3.63. The fourth-order valence-corrected chi connectivity index (χ4v) is 3.54. The van der Waals surface area contributed by atoms with Crippen LogP contribution in [0.4, 0.5) is 0 Å². The van der Waals surface area contributed by atoms with E-state index >= 15 is 0 Å². The van der Waals surface area contributed by atoms with E-state index in [2.05, 4.69) is 9.98 Å². The minimum absolute atomic E-state index is 0.0602. The summed E-state index contributed by atoms with van der Waals surface area (Å²) in [6, 6.07) is 9.53. The average Bonchev–Trinajstić information content (AvgIpc) is 3.22. The molecular weight excluding hydrogens is 324 g/mol. The molecule has 1 aromatic carbocycles. The molecule has 3 heterocycles. The van der Waals surface area contributed by atoms with Gasteiger partial charge in [0.05, 0.1) is 12.6 Å². The van der Waals surface area contributed by atoms with Crippen molar-refractivity contribution in [2.75, 3.05) is 6.54 Å². The Hall–Kier alpha value is -2.40. The molecule has 1 aromatic heterocycles. The van der Waals surface area contributed by atoms with Gasteiger partial charge in [0.2, 0.25) is 0 Å². The van der Waals surface area contributed by atoms with Crippen LogP contribution < -0.4 is 5.73 Å². The molecule has 2 aliphatic heterocycles. The number of aromatic nitrogens is 1. The molecule has 0 bridgehead atoms. The molecule has 24 heavy (non-hydrogen) atoms. The predicted octanol–water partition coefficient (Wildman–Crippen LogP) is 2.93. The molecule has 2 aromatic rings. The first kappa shape index (κ1) is 15.1. The number of carbonyl (C=O) groups excluding carboxylic acids is 1. The van der Waals surface area contributed by atoms with E-state index in [0.717, 1.165) is 36.1 Å². The molecule has 1 amide bonds. The third-order valence-corrected chi connectivity index (χ3v) is 4.92. The smallest absolute Gasteiger partial charge is 0.272 e. The Kier molecular flexibility index (Phi) is 3.73. The standard InChI is InChI=1S/C18H17ClN4O/c19-13-5-3-11(4-6-13)16-2-1-7-23(16)18(24)15-8-14-12(9-21-15)10-22-17(14)20/h3-6,8-9,16H,1-2,7,10H2,(H2,20,22)/t16-/m0/s1. The molecule has 0 spiro atoms. The molecule has 2 N–H and O–H groups in total. The molecule has 2 aliphatic rings. The quantitative estimate of drug-likeness (QED) is 0.913. The number of halogens is 1. The second-order valence-corrected chi connectivity index (χ2v) is 6.57. The number of aliphatic imine (C=N–C) groups is 1. The number of hydrogen-bond donors (Lipinski definition) is 1. The number of rotatable bonds is 2. The lowest BCUT2D eigenvalue weighted by atomic mass is 10.0. The molecular formula is C18H17ClN4O. The van der Waals surface area contributed by atoms with Crippen molar-refractivity contribution in [3.63, 3.8) is 0 Å². The van der Waals surface area contributed by atoms with E-state index in [9.17, 15) is 4.79 Å². The lowest BCUT2D eigenvalue weighted by Crippen LogP contribution is -2.31. The van der Waals surface area contributed by atoms with Gasteiger partial charge in [-0.1, -0.05) is 23.7 Å². The third-order valence-electron chi connectivity index (χ3n) is 4.67. The lowest BCUT2D eigenvalue weighted by molar-refractivity contribution is 0.0729. The summed E-state index contributed by atoms with van der Waals surface area (Å²) in [4.78, 5) is 23.4. The van der Waals surface area contributed by atoms with Crippen molar-refractivity contribution in [1.29, 1.82) is 0 Å². The Bertz CT molecular complexity index is 831. The highest BCUT2D eigenvalue weighted by atomic mass is 35.5. The monoisotopic (exact) mass is 340 g/mol. The zero-order valence-electron chi connectivity index (χ0n) is 13.1. The van der Waals surface area contributed by atoms with Crippen molar-refractivity contribution in [3.05, 3.63) is 63.9 Å². The van der Waals surface area contributed by atoms with Crippen LogP contribution in [0, 0.1) is 0 Å². The maximum atomic E-state index is 13.0. The van der Waals surface area contributed by atoms with Gasteiger partial charge in [-0.3, -0.25) is 14.8 Å². The minimum Gasteiger partial charge on any atom is -0.383 e. The van der Waals surface area contributed by atoms with Gasteiger partial charge in [0.15, 0.2) is 0 Å². The number of amides is 1. The van der Waals surface area contributed by atoms with Crippen LogP contribution in [0.1, 0.15) is 46.1 Å². The Balaban J connectivity index is 1.63. The SMILES string of the molecule is NC1=NCc2cnc(C(=O)N3CCC[C@H]3c3ccc(Cl)cc3)cc21. The van der Waals surface area contributed by atoms with Gasteiger partial charge < -0.3 is 10.6 Å². The van der Waals surface area contributed by atoms with Crippen molar-refractivity contribution in [3.8, 4) is 0 Å². The van der Waals surface area contributed by atoms with Gasteiger partial charge in [0.1, 0.15) is 11.5 Å². The topological polar surface area (TPSA) is 71.6 Å². The Morgan fingerprint density at radius 1 is 1.29 bits per heavy atom. The van der Waals surface area contributed by atoms with Gasteiger partial charge in [0.25, 0.3) is 5.91 Å². The Morgan fingerprint density at radius 3 is 2.88 bits per heavy atom. The van der Waals surface area contributed by atoms with Crippen LogP contribution in [-0.4, -0.2) is 28.2 Å². The first-order valence-corrected chi connectivity index (χ1v) is 8.37. The van der Waals surface area contributed by atoms with Crippen molar-refractivity contribution in [1.82, 2.24) is 9.88 Å². The zero-order valence-corrected chi connectivity index (χ0v) is 13.8. The van der Waals surface area contributed by atoms with Gasteiger partial charge >= 0.3 is 0 Å². The van der Waals surface area contributed by atoms with Gasteiger partial charge in [0, 0.05) is 28.9 Å². The van der Waals surface area contributed by atoms with Crippen molar-refractivity contribution in [2.45, 2.75) is 25.4 Å². The predicted molar refractivity (Wildman–Crippen MR) is 93.1 cm³/mol. The van der Waals surface area contributed by atoms with E-state index in [1.165, 1.54) is 0 Å². The first-order chi connectivity index (χ1) is 11.6. The molecule has 0 unspecified atom stereocenters. The zero-order chi connectivity index (χ0) is 16.7. The van der Waals surface area contributed by atoms with Crippen LogP contribution in [0.3, 0.4) is 0 Å². The molecule has 4 rings (SSSR count). The van der Waals surface area contributed by atoms with Gasteiger partial charge in [-0.25, -0.2) is 0 Å². The summed E-state index contributed by atoms with van der Waals surface area (Å²) >= 11 is 5.97. The molecule has 1 saturated heterocycles. The maximum Gasteiger partial charge on any atom is 0.272 e. The molecule has 122 valence electrons. The number of hydrogen-bond acceptors (Lipinski definition) is 4. The average molecular weight is 341 g/mol. The number of nitrogens with zero attached hydrogens (tertiary/aromatic N) is 3. The molecule has 1 fully saturated rings. The molecule has 5 nitrogen and oxygen atoms in total. The van der Waals surface area contributed by atoms with Crippen molar-refractivity contribution in [2.24, 2.45) is 10.7 Å². The second kappa shape index (κ2) is 5.91. The second-order valence-electron chi connectivity index (χ2n) is 6.14. The van der Waals surface area contributed by atoms with Gasteiger partial charge in [-0.15, -0.1) is 0 Å². The number of fused-ring (bicyclic) bond motifs is 1. The number of pyridine rings is 1.